The first-order valence-electron chi connectivity index (χ1n) is 11.6. The number of piperidine rings is 1. The summed E-state index contributed by atoms with van der Waals surface area (Å²) in [6, 6.07) is 9.13. The number of aromatic nitrogens is 5. The van der Waals surface area contributed by atoms with Crippen LogP contribution in [-0.2, 0) is 4.79 Å². The van der Waals surface area contributed by atoms with E-state index in [4.69, 9.17) is 15.8 Å². The third-order valence-electron chi connectivity index (χ3n) is 6.83. The fraction of sp³-hybridized carbons (Fsp3) is 0.240. The van der Waals surface area contributed by atoms with Gasteiger partial charge < -0.3 is 15.7 Å². The van der Waals surface area contributed by atoms with Gasteiger partial charge in [0.2, 0.25) is 5.91 Å². The smallest absolute Gasteiger partial charge is 0.252 e. The van der Waals surface area contributed by atoms with Crippen molar-refractivity contribution in [2.75, 3.05) is 25.4 Å². The summed E-state index contributed by atoms with van der Waals surface area (Å²) in [6.07, 6.45) is 4.39. The lowest BCUT2D eigenvalue weighted by Crippen LogP contribution is -2.42. The number of halogens is 1. The second-order valence-corrected chi connectivity index (χ2v) is 8.90. The Bertz CT molecular complexity index is 1720. The fourth-order valence-corrected chi connectivity index (χ4v) is 4.98. The Morgan fingerprint density at radius 2 is 1.92 bits per heavy atom. The number of hydrogen-bond acceptors (Lipinski definition) is 7. The number of benzene rings is 1. The molecule has 0 atom stereocenters. The highest BCUT2D eigenvalue weighted by molar-refractivity contribution is 5.92. The van der Waals surface area contributed by atoms with Gasteiger partial charge in [0.1, 0.15) is 23.9 Å². The number of rotatable bonds is 3. The number of amides is 1. The molecule has 1 aromatic carbocycles. The van der Waals surface area contributed by atoms with Crippen LogP contribution in [0.25, 0.3) is 38.7 Å². The van der Waals surface area contributed by atoms with Crippen LogP contribution in [0.3, 0.4) is 0 Å². The Hall–Kier alpha value is -4.38. The first kappa shape index (κ1) is 22.1. The molecule has 1 aliphatic rings. The normalized spacial score (nSPS) is 14.8. The average molecular weight is 487 g/mol. The zero-order valence-electron chi connectivity index (χ0n) is 19.1. The van der Waals surface area contributed by atoms with E-state index in [1.807, 2.05) is 6.07 Å². The molecule has 1 fully saturated rings. The van der Waals surface area contributed by atoms with Crippen molar-refractivity contribution in [1.29, 1.82) is 0 Å². The van der Waals surface area contributed by atoms with Crippen molar-refractivity contribution in [3.63, 3.8) is 0 Å². The lowest BCUT2D eigenvalue weighted by atomic mass is 10.0. The van der Waals surface area contributed by atoms with Gasteiger partial charge in [0.25, 0.3) is 5.56 Å². The number of pyridine rings is 2. The highest BCUT2D eigenvalue weighted by Crippen LogP contribution is 2.31. The minimum Gasteiger partial charge on any atom is -0.387 e. The van der Waals surface area contributed by atoms with E-state index in [0.717, 1.165) is 0 Å². The number of anilines is 1. The van der Waals surface area contributed by atoms with Crippen LogP contribution < -0.4 is 11.3 Å². The van der Waals surface area contributed by atoms with Crippen molar-refractivity contribution in [3.05, 3.63) is 65.0 Å². The molecule has 36 heavy (non-hydrogen) atoms. The van der Waals surface area contributed by atoms with E-state index in [1.54, 1.807) is 34.0 Å². The number of carbonyl (C=O) groups is 1. The van der Waals surface area contributed by atoms with Crippen molar-refractivity contribution < 1.29 is 14.3 Å². The maximum atomic E-state index is 13.8. The molecular formula is C25H22FN7O3. The number of hydrogen-bond donors (Lipinski definition) is 2. The Balaban J connectivity index is 1.50. The summed E-state index contributed by atoms with van der Waals surface area (Å²) in [5.41, 5.74) is 9.15. The van der Waals surface area contributed by atoms with Crippen LogP contribution in [0, 0.1) is 5.82 Å². The molecule has 182 valence electrons. The maximum absolute atomic E-state index is 13.8. The van der Waals surface area contributed by atoms with Crippen LogP contribution in [0.2, 0.25) is 0 Å². The van der Waals surface area contributed by atoms with Gasteiger partial charge in [-0.2, -0.15) is 9.61 Å². The van der Waals surface area contributed by atoms with E-state index < -0.39 is 6.61 Å². The summed E-state index contributed by atoms with van der Waals surface area (Å²) in [5, 5.41) is 14.8. The molecule has 10 nitrogen and oxygen atoms in total. The summed E-state index contributed by atoms with van der Waals surface area (Å²) in [4.78, 5) is 35.8. The molecule has 3 N–H and O–H groups in total. The van der Waals surface area contributed by atoms with E-state index in [2.05, 4.69) is 10.1 Å². The number of aliphatic hydroxyl groups excluding tert-OH is 1. The highest BCUT2D eigenvalue weighted by Gasteiger charge is 2.26. The molecular weight excluding hydrogens is 465 g/mol. The molecule has 0 saturated carbocycles. The highest BCUT2D eigenvalue weighted by atomic mass is 19.1. The van der Waals surface area contributed by atoms with Crippen molar-refractivity contribution in [2.24, 2.45) is 0 Å². The van der Waals surface area contributed by atoms with Crippen molar-refractivity contribution in [3.8, 4) is 11.1 Å². The SMILES string of the molecule is Nc1c2ccc(=O)n(C3CCN(C(=O)CO)CC3)c2nc2c(-c3cnc4ccc(F)cc4c3)cnn12. The molecule has 0 radical (unpaired) electrons. The Morgan fingerprint density at radius 3 is 2.69 bits per heavy atom. The second kappa shape index (κ2) is 8.38. The van der Waals surface area contributed by atoms with E-state index in [0.29, 0.717) is 70.5 Å². The molecule has 5 heterocycles. The second-order valence-electron chi connectivity index (χ2n) is 8.90. The average Bonchev–Trinajstić information content (AvgIpc) is 3.32. The number of nitrogens with zero attached hydrogens (tertiary/aromatic N) is 6. The van der Waals surface area contributed by atoms with Gasteiger partial charge in [-0.1, -0.05) is 0 Å². The monoisotopic (exact) mass is 487 g/mol. The third kappa shape index (κ3) is 3.47. The number of carbonyl (C=O) groups excluding carboxylic acids is 1. The minimum absolute atomic E-state index is 0.185. The zero-order valence-corrected chi connectivity index (χ0v) is 19.1. The van der Waals surface area contributed by atoms with E-state index in [1.165, 1.54) is 22.7 Å². The molecule has 4 aromatic heterocycles. The van der Waals surface area contributed by atoms with E-state index in [-0.39, 0.29) is 23.3 Å². The molecule has 0 unspecified atom stereocenters. The first-order chi connectivity index (χ1) is 17.4. The largest absolute Gasteiger partial charge is 0.387 e. The van der Waals surface area contributed by atoms with Gasteiger partial charge in [-0.3, -0.25) is 19.1 Å². The summed E-state index contributed by atoms with van der Waals surface area (Å²) < 4.78 is 17.0. The number of aliphatic hydroxyl groups is 1. The summed E-state index contributed by atoms with van der Waals surface area (Å²) in [6.45, 7) is 0.332. The summed E-state index contributed by atoms with van der Waals surface area (Å²) in [5.74, 6) is -0.344. The van der Waals surface area contributed by atoms with Crippen LogP contribution >= 0.6 is 0 Å². The van der Waals surface area contributed by atoms with Gasteiger partial charge in [0.05, 0.1) is 17.1 Å². The Labute approximate surface area is 203 Å². The molecule has 0 bridgehead atoms. The molecule has 6 rings (SSSR count). The minimum atomic E-state index is -0.533. The van der Waals surface area contributed by atoms with Crippen molar-refractivity contribution >= 4 is 39.3 Å². The molecule has 1 saturated heterocycles. The predicted octanol–water partition coefficient (Wildman–Crippen LogP) is 2.14. The Kier molecular flexibility index (Phi) is 5.15. The van der Waals surface area contributed by atoms with Gasteiger partial charge in [0.15, 0.2) is 5.65 Å². The maximum Gasteiger partial charge on any atom is 0.252 e. The first-order valence-corrected chi connectivity index (χ1v) is 11.6. The standard InChI is InChI=1S/C25H22FN7O3/c26-16-1-3-20-14(10-16)9-15(11-28-20)19-12-29-33-23(27)18-2-4-21(35)32(24(18)30-25(19)33)17-5-7-31(8-6-17)22(36)13-34/h1-4,9-12,17,34H,5-8,13,27H2. The Morgan fingerprint density at radius 1 is 1.11 bits per heavy atom. The van der Waals surface area contributed by atoms with Gasteiger partial charge in [-0.15, -0.1) is 0 Å². The quantitative estimate of drug-likeness (QED) is 0.399. The van der Waals surface area contributed by atoms with Crippen molar-refractivity contribution in [2.45, 2.75) is 18.9 Å². The zero-order chi connectivity index (χ0) is 25.0. The fourth-order valence-electron chi connectivity index (χ4n) is 4.98. The van der Waals surface area contributed by atoms with Crippen LogP contribution in [0.4, 0.5) is 10.2 Å². The lowest BCUT2D eigenvalue weighted by molar-refractivity contribution is -0.135. The lowest BCUT2D eigenvalue weighted by Gasteiger charge is -2.33. The van der Waals surface area contributed by atoms with Crippen molar-refractivity contribution in [1.82, 2.24) is 29.0 Å². The van der Waals surface area contributed by atoms with Gasteiger partial charge in [-0.05, 0) is 43.2 Å². The molecule has 0 spiro atoms. The molecule has 1 amide bonds. The molecule has 0 aliphatic carbocycles. The van der Waals surface area contributed by atoms with Gasteiger partial charge in [-0.25, -0.2) is 9.37 Å². The third-order valence-corrected chi connectivity index (χ3v) is 6.83. The predicted molar refractivity (Wildman–Crippen MR) is 132 cm³/mol. The topological polar surface area (TPSA) is 132 Å². The molecule has 11 heteroatoms. The number of nitrogen functional groups attached to an aromatic ring is 1. The number of likely N-dealkylation sites (tertiary alicyclic amines) is 1. The van der Waals surface area contributed by atoms with Crippen LogP contribution in [0.15, 0.2) is 53.6 Å². The summed E-state index contributed by atoms with van der Waals surface area (Å²) in [7, 11) is 0. The summed E-state index contributed by atoms with van der Waals surface area (Å²) >= 11 is 0. The van der Waals surface area contributed by atoms with Gasteiger partial charge >= 0.3 is 0 Å². The number of fused-ring (bicyclic) bond motifs is 3. The van der Waals surface area contributed by atoms with E-state index in [9.17, 15) is 14.0 Å². The van der Waals surface area contributed by atoms with E-state index >= 15 is 0 Å². The number of nitrogens with two attached hydrogens (primary N) is 1. The van der Waals surface area contributed by atoms with Crippen LogP contribution in [0.5, 0.6) is 0 Å². The van der Waals surface area contributed by atoms with Crippen LogP contribution in [0.1, 0.15) is 18.9 Å². The van der Waals surface area contributed by atoms with Crippen LogP contribution in [-0.4, -0.2) is 59.8 Å². The molecule has 1 aliphatic heterocycles. The van der Waals surface area contributed by atoms with Gasteiger partial charge in [0, 0.05) is 47.9 Å². The molecule has 5 aromatic rings.